The average Bonchev–Trinajstić information content (AvgIpc) is 3.28. The van der Waals surface area contributed by atoms with Gasteiger partial charge in [-0.2, -0.15) is 4.80 Å². The molecule has 0 radical (unpaired) electrons. The highest BCUT2D eigenvalue weighted by molar-refractivity contribution is 5.73. The van der Waals surface area contributed by atoms with Crippen LogP contribution >= 0.6 is 0 Å². The van der Waals surface area contributed by atoms with Crippen LogP contribution in [0.1, 0.15) is 82.4 Å². The number of hydrogen-bond acceptors (Lipinski definition) is 3. The molecule has 0 amide bonds. The van der Waals surface area contributed by atoms with Crippen LogP contribution in [-0.4, -0.2) is 20.1 Å². The molecule has 0 aliphatic heterocycles. The summed E-state index contributed by atoms with van der Waals surface area (Å²) in [5.41, 5.74) is 5.96. The Kier molecular flexibility index (Phi) is 7.66. The zero-order chi connectivity index (χ0) is 24.0. The molecular weight excluding hydrogens is 418 g/mol. The molecule has 4 heteroatoms. The summed E-state index contributed by atoms with van der Waals surface area (Å²) in [6.45, 7) is 6.66. The number of benzene rings is 3. The zero-order valence-electron chi connectivity index (χ0n) is 20.8. The van der Waals surface area contributed by atoms with E-state index in [1.54, 1.807) is 10.9 Å². The first-order chi connectivity index (χ1) is 16.5. The summed E-state index contributed by atoms with van der Waals surface area (Å²) in [5, 5.41) is 20.0. The molecule has 4 nitrogen and oxygen atoms in total. The van der Waals surface area contributed by atoms with E-state index in [2.05, 4.69) is 39.0 Å². The molecule has 1 aromatic heterocycles. The maximum absolute atomic E-state index is 10.6. The number of para-hydroxylation sites is 1. The van der Waals surface area contributed by atoms with Gasteiger partial charge < -0.3 is 5.11 Å². The fraction of sp³-hybridized carbons (Fsp3) is 0.400. The van der Waals surface area contributed by atoms with Gasteiger partial charge in [0.2, 0.25) is 0 Å². The normalized spacial score (nSPS) is 11.9. The Morgan fingerprint density at radius 3 is 2.03 bits per heavy atom. The first-order valence-electron chi connectivity index (χ1n) is 12.7. The van der Waals surface area contributed by atoms with Crippen molar-refractivity contribution in [3.63, 3.8) is 0 Å². The van der Waals surface area contributed by atoms with E-state index < -0.39 is 0 Å². The van der Waals surface area contributed by atoms with Gasteiger partial charge in [0.1, 0.15) is 16.8 Å². The van der Waals surface area contributed by atoms with Crippen LogP contribution in [0.15, 0.2) is 66.7 Å². The van der Waals surface area contributed by atoms with E-state index in [-0.39, 0.29) is 5.41 Å². The van der Waals surface area contributed by atoms with Gasteiger partial charge in [-0.05, 0) is 54.3 Å². The Morgan fingerprint density at radius 1 is 0.735 bits per heavy atom. The van der Waals surface area contributed by atoms with Gasteiger partial charge in [0.05, 0.1) is 5.69 Å². The second-order valence-corrected chi connectivity index (χ2v) is 9.83. The number of phenols is 1. The van der Waals surface area contributed by atoms with E-state index in [4.69, 9.17) is 10.2 Å². The molecule has 0 aliphatic rings. The number of unbranched alkanes of at least 4 members (excludes halogenated alkanes) is 6. The van der Waals surface area contributed by atoms with Crippen molar-refractivity contribution in [2.45, 2.75) is 77.6 Å². The SMILES string of the molecule is CCCCCCCCCc1cc(-n2nc3ccccc3n2)ccc1C(C)(C)c1ccccc1O. The fourth-order valence-corrected chi connectivity index (χ4v) is 4.92. The summed E-state index contributed by atoms with van der Waals surface area (Å²) in [6.07, 6.45) is 10.0. The molecule has 4 rings (SSSR count). The summed E-state index contributed by atoms with van der Waals surface area (Å²) in [4.78, 5) is 1.75. The van der Waals surface area contributed by atoms with E-state index in [1.165, 1.54) is 49.7 Å². The predicted molar refractivity (Wildman–Crippen MR) is 141 cm³/mol. The summed E-state index contributed by atoms with van der Waals surface area (Å²) in [5.74, 6) is 0.346. The number of nitrogens with zero attached hydrogens (tertiary/aromatic N) is 3. The third-order valence-corrected chi connectivity index (χ3v) is 6.91. The molecule has 0 fully saturated rings. The summed E-state index contributed by atoms with van der Waals surface area (Å²) in [6, 6.07) is 22.2. The van der Waals surface area contributed by atoms with Crippen molar-refractivity contribution < 1.29 is 5.11 Å². The van der Waals surface area contributed by atoms with Crippen molar-refractivity contribution in [1.29, 1.82) is 0 Å². The van der Waals surface area contributed by atoms with Crippen molar-refractivity contribution in [3.05, 3.63) is 83.4 Å². The van der Waals surface area contributed by atoms with Gasteiger partial charge in [-0.15, -0.1) is 10.2 Å². The molecule has 0 bridgehead atoms. The molecule has 1 heterocycles. The topological polar surface area (TPSA) is 50.9 Å². The maximum Gasteiger partial charge on any atom is 0.119 e. The molecule has 0 aliphatic carbocycles. The van der Waals surface area contributed by atoms with Crippen LogP contribution in [0.5, 0.6) is 5.75 Å². The molecule has 34 heavy (non-hydrogen) atoms. The van der Waals surface area contributed by atoms with Crippen molar-refractivity contribution in [2.75, 3.05) is 0 Å². The van der Waals surface area contributed by atoms with E-state index in [0.29, 0.717) is 5.75 Å². The monoisotopic (exact) mass is 455 g/mol. The Labute approximate surface area is 203 Å². The largest absolute Gasteiger partial charge is 0.508 e. The van der Waals surface area contributed by atoms with Crippen molar-refractivity contribution >= 4 is 11.0 Å². The number of fused-ring (bicyclic) bond motifs is 1. The van der Waals surface area contributed by atoms with E-state index >= 15 is 0 Å². The number of aromatic nitrogens is 3. The van der Waals surface area contributed by atoms with Crippen LogP contribution < -0.4 is 0 Å². The smallest absolute Gasteiger partial charge is 0.119 e. The van der Waals surface area contributed by atoms with Gasteiger partial charge >= 0.3 is 0 Å². The van der Waals surface area contributed by atoms with Gasteiger partial charge in [-0.1, -0.05) is 95.7 Å². The van der Waals surface area contributed by atoms with Gasteiger partial charge in [-0.3, -0.25) is 0 Å². The third kappa shape index (κ3) is 5.32. The molecule has 178 valence electrons. The van der Waals surface area contributed by atoms with Crippen molar-refractivity contribution in [3.8, 4) is 11.4 Å². The molecule has 0 saturated carbocycles. The minimum absolute atomic E-state index is 0.317. The zero-order valence-corrected chi connectivity index (χ0v) is 20.8. The van der Waals surface area contributed by atoms with Crippen molar-refractivity contribution in [1.82, 2.24) is 15.0 Å². The first-order valence-corrected chi connectivity index (χ1v) is 12.7. The molecule has 1 N–H and O–H groups in total. The van der Waals surface area contributed by atoms with Crippen LogP contribution in [-0.2, 0) is 11.8 Å². The first kappa shape index (κ1) is 24.0. The van der Waals surface area contributed by atoms with E-state index in [0.717, 1.165) is 35.1 Å². The standard InChI is InChI=1S/C30H37N3O/c1-4-5-6-7-8-9-10-15-23-22-24(33-31-27-17-12-13-18-28(27)32-33)20-21-25(23)30(2,3)26-16-11-14-19-29(26)34/h11-14,16-22,34H,4-10,15H2,1-3H3. The van der Waals surface area contributed by atoms with Gasteiger partial charge in [-0.25, -0.2) is 0 Å². The Balaban J connectivity index is 1.64. The number of rotatable bonds is 11. The fourth-order valence-electron chi connectivity index (χ4n) is 4.92. The van der Waals surface area contributed by atoms with E-state index in [1.807, 2.05) is 42.5 Å². The minimum atomic E-state index is -0.317. The highest BCUT2D eigenvalue weighted by Gasteiger charge is 2.28. The summed E-state index contributed by atoms with van der Waals surface area (Å²) >= 11 is 0. The molecule has 0 saturated heterocycles. The molecule has 3 aromatic carbocycles. The van der Waals surface area contributed by atoms with Crippen LogP contribution in [0.3, 0.4) is 0 Å². The Morgan fingerprint density at radius 2 is 1.35 bits per heavy atom. The summed E-state index contributed by atoms with van der Waals surface area (Å²) in [7, 11) is 0. The molecule has 0 unspecified atom stereocenters. The lowest BCUT2D eigenvalue weighted by Gasteiger charge is -2.29. The Hall–Kier alpha value is -3.14. The molecule has 0 atom stereocenters. The van der Waals surface area contributed by atoms with Crippen LogP contribution in [0.4, 0.5) is 0 Å². The molecular formula is C30H37N3O. The van der Waals surface area contributed by atoms with Crippen molar-refractivity contribution in [2.24, 2.45) is 0 Å². The lowest BCUT2D eigenvalue weighted by molar-refractivity contribution is 0.452. The lowest BCUT2D eigenvalue weighted by Crippen LogP contribution is -2.21. The highest BCUT2D eigenvalue weighted by Crippen LogP contribution is 2.39. The van der Waals surface area contributed by atoms with Crippen LogP contribution in [0.25, 0.3) is 16.7 Å². The second kappa shape index (κ2) is 10.9. The minimum Gasteiger partial charge on any atom is -0.508 e. The number of aryl methyl sites for hydroxylation is 1. The Bertz CT molecular complexity index is 1190. The van der Waals surface area contributed by atoms with Gasteiger partial charge in [0.15, 0.2) is 0 Å². The lowest BCUT2D eigenvalue weighted by atomic mass is 9.75. The van der Waals surface area contributed by atoms with Gasteiger partial charge in [0, 0.05) is 11.0 Å². The number of phenolic OH excluding ortho intramolecular Hbond substituents is 1. The number of hydrogen-bond donors (Lipinski definition) is 1. The molecule has 4 aromatic rings. The maximum atomic E-state index is 10.6. The van der Waals surface area contributed by atoms with Gasteiger partial charge in [0.25, 0.3) is 0 Å². The highest BCUT2D eigenvalue weighted by atomic mass is 16.3. The second-order valence-electron chi connectivity index (χ2n) is 9.83. The van der Waals surface area contributed by atoms with Crippen LogP contribution in [0.2, 0.25) is 0 Å². The van der Waals surface area contributed by atoms with Crippen LogP contribution in [0, 0.1) is 0 Å². The third-order valence-electron chi connectivity index (χ3n) is 6.91. The number of aromatic hydroxyl groups is 1. The summed E-state index contributed by atoms with van der Waals surface area (Å²) < 4.78 is 0. The predicted octanol–water partition coefficient (Wildman–Crippen LogP) is 7.75. The molecule has 0 spiro atoms. The van der Waals surface area contributed by atoms with E-state index in [9.17, 15) is 5.11 Å². The quantitative estimate of drug-likeness (QED) is 0.235. The average molecular weight is 456 g/mol.